The molecule has 0 saturated carbocycles. The zero-order valence-electron chi connectivity index (χ0n) is 33.5. The molecule has 2 aliphatic heterocycles. The van der Waals surface area contributed by atoms with Gasteiger partial charge in [-0.05, 0) is 71.6 Å². The Bertz CT molecular complexity index is 1280. The number of anilines is 2. The van der Waals surface area contributed by atoms with Gasteiger partial charge in [-0.15, -0.1) is 0 Å². The van der Waals surface area contributed by atoms with Crippen molar-refractivity contribution in [3.63, 3.8) is 0 Å². The van der Waals surface area contributed by atoms with E-state index >= 15 is 0 Å². The SMILES string of the molecule is CC.CC.CC.CC(C)c1ccnc(N2CC(N)CC2=O)c1.CC(C)c1ccnc(NC2CCOCC2)c1.C[N-]c1cc(C(C)C)ccn1.[U]. The van der Waals surface area contributed by atoms with E-state index in [1.807, 2.05) is 72.0 Å². The molecule has 1 unspecified atom stereocenters. The van der Waals surface area contributed by atoms with Crippen LogP contribution in [-0.4, -0.2) is 59.7 Å². The number of carbonyl (C=O) groups is 1. The number of hydrogen-bond donors (Lipinski definition) is 2. The van der Waals surface area contributed by atoms with E-state index in [4.69, 9.17) is 10.5 Å². The Balaban J connectivity index is 0. The second-order valence-electron chi connectivity index (χ2n) is 12.1. The molecule has 50 heavy (non-hydrogen) atoms. The molecule has 3 N–H and O–H groups in total. The first-order valence-electron chi connectivity index (χ1n) is 18.4. The van der Waals surface area contributed by atoms with Gasteiger partial charge in [-0.2, -0.15) is 0 Å². The molecule has 2 aliphatic rings. The Labute approximate surface area is 329 Å². The van der Waals surface area contributed by atoms with E-state index < -0.39 is 0 Å². The Morgan fingerprint density at radius 3 is 1.74 bits per heavy atom. The third-order valence-corrected chi connectivity index (χ3v) is 7.56. The van der Waals surface area contributed by atoms with Gasteiger partial charge in [0, 0.05) is 81.8 Å². The maximum atomic E-state index is 11.7. The summed E-state index contributed by atoms with van der Waals surface area (Å²) in [6.07, 6.45) is 8.02. The summed E-state index contributed by atoms with van der Waals surface area (Å²) in [5.74, 6) is 4.16. The van der Waals surface area contributed by atoms with Crippen LogP contribution in [0.25, 0.3) is 5.32 Å². The molecule has 0 aliphatic carbocycles. The third-order valence-electron chi connectivity index (χ3n) is 7.56. The Morgan fingerprint density at radius 2 is 1.26 bits per heavy atom. The first-order valence-corrected chi connectivity index (χ1v) is 18.4. The maximum Gasteiger partial charge on any atom is 0.229 e. The number of aromatic nitrogens is 3. The number of rotatable bonds is 7. The number of pyridine rings is 3. The summed E-state index contributed by atoms with van der Waals surface area (Å²) in [4.78, 5) is 26.0. The van der Waals surface area contributed by atoms with Crippen LogP contribution < -0.4 is 16.0 Å². The Morgan fingerprint density at radius 1 is 0.780 bits per heavy atom. The summed E-state index contributed by atoms with van der Waals surface area (Å²) in [5.41, 5.74) is 9.58. The van der Waals surface area contributed by atoms with Crippen molar-refractivity contribution in [2.45, 2.75) is 132 Å². The van der Waals surface area contributed by atoms with Crippen molar-refractivity contribution < 1.29 is 40.6 Å². The minimum Gasteiger partial charge on any atom is -0.469 e. The summed E-state index contributed by atoms with van der Waals surface area (Å²) in [6, 6.07) is 12.7. The molecular weight excluding hydrogens is 849 g/mol. The molecule has 3 aromatic rings. The van der Waals surface area contributed by atoms with Crippen molar-refractivity contribution >= 4 is 23.4 Å². The van der Waals surface area contributed by atoms with E-state index in [0.29, 0.717) is 36.8 Å². The molecule has 5 heterocycles. The number of amides is 1. The van der Waals surface area contributed by atoms with E-state index in [1.165, 1.54) is 16.7 Å². The predicted molar refractivity (Wildman–Crippen MR) is 210 cm³/mol. The van der Waals surface area contributed by atoms with Crippen molar-refractivity contribution in [3.05, 3.63) is 77.0 Å². The van der Waals surface area contributed by atoms with Crippen LogP contribution in [0.15, 0.2) is 55.0 Å². The zero-order valence-corrected chi connectivity index (χ0v) is 37.6. The molecule has 3 aromatic heterocycles. The molecule has 1 amide bonds. The van der Waals surface area contributed by atoms with Crippen LogP contribution in [-0.2, 0) is 9.53 Å². The van der Waals surface area contributed by atoms with Crippen LogP contribution in [0.4, 0.5) is 17.5 Å². The molecule has 2 fully saturated rings. The minimum absolute atomic E-state index is 0. The fourth-order valence-corrected chi connectivity index (χ4v) is 4.75. The normalized spacial score (nSPS) is 14.9. The fourth-order valence-electron chi connectivity index (χ4n) is 4.75. The number of carbonyl (C=O) groups excluding carboxylic acids is 1. The monoisotopic (exact) mass is 917 g/mol. The molecular formula is C40H68N7O2U-. The molecule has 280 valence electrons. The average molecular weight is 917 g/mol. The van der Waals surface area contributed by atoms with E-state index in [-0.39, 0.29) is 43.1 Å². The van der Waals surface area contributed by atoms with Gasteiger partial charge in [-0.3, -0.25) is 9.69 Å². The van der Waals surface area contributed by atoms with E-state index in [9.17, 15) is 4.79 Å². The molecule has 0 spiro atoms. The van der Waals surface area contributed by atoms with Crippen LogP contribution >= 0.6 is 0 Å². The summed E-state index contributed by atoms with van der Waals surface area (Å²) < 4.78 is 5.34. The molecule has 0 aromatic carbocycles. The van der Waals surface area contributed by atoms with Crippen LogP contribution in [0, 0.1) is 31.1 Å². The van der Waals surface area contributed by atoms with Crippen molar-refractivity contribution in [3.8, 4) is 0 Å². The number of ether oxygens (including phenoxy) is 1. The van der Waals surface area contributed by atoms with Crippen molar-refractivity contribution in [2.24, 2.45) is 5.73 Å². The second-order valence-corrected chi connectivity index (χ2v) is 12.1. The zero-order chi connectivity index (χ0) is 37.4. The largest absolute Gasteiger partial charge is 0.469 e. The van der Waals surface area contributed by atoms with Crippen LogP contribution in [0.2, 0.25) is 0 Å². The van der Waals surface area contributed by atoms with Crippen molar-refractivity contribution in [2.75, 3.05) is 37.0 Å². The van der Waals surface area contributed by atoms with Gasteiger partial charge in [0.05, 0.1) is 0 Å². The number of nitrogens with zero attached hydrogens (tertiary/aromatic N) is 5. The maximum absolute atomic E-state index is 11.7. The van der Waals surface area contributed by atoms with Gasteiger partial charge in [-0.1, -0.05) is 114 Å². The topological polar surface area (TPSA) is 120 Å². The molecule has 5 rings (SSSR count). The Hall–Kier alpha value is -2.51. The minimum atomic E-state index is -0.0583. The second kappa shape index (κ2) is 29.1. The summed E-state index contributed by atoms with van der Waals surface area (Å²) >= 11 is 0. The molecule has 9 nitrogen and oxygen atoms in total. The number of hydrogen-bond acceptors (Lipinski definition) is 7. The smallest absolute Gasteiger partial charge is 0.229 e. The fraction of sp³-hybridized carbons (Fsp3) is 0.600. The van der Waals surface area contributed by atoms with E-state index in [2.05, 4.69) is 79.3 Å². The van der Waals surface area contributed by atoms with Crippen LogP contribution in [0.3, 0.4) is 0 Å². The molecule has 10 heteroatoms. The summed E-state index contributed by atoms with van der Waals surface area (Å²) in [7, 11) is 1.76. The van der Waals surface area contributed by atoms with Crippen molar-refractivity contribution in [1.29, 1.82) is 0 Å². The van der Waals surface area contributed by atoms with Crippen LogP contribution in [0.5, 0.6) is 0 Å². The first-order chi connectivity index (χ1) is 23.6. The van der Waals surface area contributed by atoms with Gasteiger partial charge in [0.15, 0.2) is 0 Å². The molecule has 0 bridgehead atoms. The van der Waals surface area contributed by atoms with E-state index in [0.717, 1.165) is 43.5 Å². The number of nitrogens with one attached hydrogen (secondary N) is 1. The van der Waals surface area contributed by atoms with Gasteiger partial charge < -0.3 is 26.1 Å². The van der Waals surface area contributed by atoms with Gasteiger partial charge in [0.25, 0.3) is 0 Å². The Kier molecular flexibility index (Phi) is 28.9. The quantitative estimate of drug-likeness (QED) is 0.242. The standard InChI is InChI=1S/C13H20N2O.C12H17N3O.C9H13N2.3C2H6.U/c1-10(2)11-3-6-14-13(9-11)15-12-4-7-16-8-5-12;1-8(2)9-3-4-14-11(5-9)15-7-10(13)6-12(15)16;1-7(2)8-4-5-11-9(6-8)10-3;3*1-2;/h3,6,9-10,12H,4-5,7-8H2,1-2H3,(H,14,15);3-5,8,10H,6-7,13H2,1-2H3;4-7H,1-3H3;3*1-2H3;/q;;-1;;;;. The summed E-state index contributed by atoms with van der Waals surface area (Å²) in [6.45, 7) is 27.3. The molecule has 1 atom stereocenters. The van der Waals surface area contributed by atoms with Gasteiger partial charge in [0.1, 0.15) is 11.6 Å². The predicted octanol–water partition coefficient (Wildman–Crippen LogP) is 9.98. The summed E-state index contributed by atoms with van der Waals surface area (Å²) in [5, 5.41) is 7.49. The molecule has 2 saturated heterocycles. The number of nitrogens with two attached hydrogens (primary N) is 1. The van der Waals surface area contributed by atoms with Crippen LogP contribution in [0.1, 0.15) is 137 Å². The molecule has 0 radical (unpaired) electrons. The first kappa shape index (κ1) is 49.6. The average Bonchev–Trinajstić information content (AvgIpc) is 3.49. The van der Waals surface area contributed by atoms with Gasteiger partial charge in [0.2, 0.25) is 5.91 Å². The van der Waals surface area contributed by atoms with Gasteiger partial charge in [-0.25, -0.2) is 9.97 Å². The van der Waals surface area contributed by atoms with Crippen molar-refractivity contribution in [1.82, 2.24) is 15.0 Å². The third kappa shape index (κ3) is 18.6. The van der Waals surface area contributed by atoms with Gasteiger partial charge >= 0.3 is 0 Å². The van der Waals surface area contributed by atoms with E-state index in [1.54, 1.807) is 24.3 Å².